The van der Waals surface area contributed by atoms with Crippen LogP contribution in [0.4, 0.5) is 5.69 Å². The Morgan fingerprint density at radius 1 is 0.917 bits per heavy atom. The van der Waals surface area contributed by atoms with E-state index in [2.05, 4.69) is 12.2 Å². The first-order chi connectivity index (χ1) is 11.7. The largest absolute Gasteiger partial charge is 0.339 e. The van der Waals surface area contributed by atoms with Crippen LogP contribution in [-0.4, -0.2) is 29.8 Å². The summed E-state index contributed by atoms with van der Waals surface area (Å²) in [7, 11) is 0. The summed E-state index contributed by atoms with van der Waals surface area (Å²) in [5.41, 5.74) is 3.19. The van der Waals surface area contributed by atoms with Gasteiger partial charge in [0, 0.05) is 29.9 Å². The molecule has 0 bridgehead atoms. The van der Waals surface area contributed by atoms with Crippen molar-refractivity contribution in [2.75, 3.05) is 18.4 Å². The minimum absolute atomic E-state index is 0.0506. The molecule has 0 saturated carbocycles. The molecule has 1 heterocycles. The van der Waals surface area contributed by atoms with Gasteiger partial charge in [-0.25, -0.2) is 0 Å². The lowest BCUT2D eigenvalue weighted by atomic mass is 10.1. The standard InChI is InChI=1S/C20H22N2O2/c1-2-15-5-11-18(12-6-15)21-19(23)16-7-9-17(10-8-16)20(24)22-13-3-4-14-22/h5-12H,2-4,13-14H2,1H3,(H,21,23). The Morgan fingerprint density at radius 2 is 1.50 bits per heavy atom. The lowest BCUT2D eigenvalue weighted by Gasteiger charge is -2.15. The van der Waals surface area contributed by atoms with Crippen LogP contribution in [0.3, 0.4) is 0 Å². The van der Waals surface area contributed by atoms with Gasteiger partial charge in [-0.3, -0.25) is 9.59 Å². The highest BCUT2D eigenvalue weighted by molar-refractivity contribution is 6.05. The highest BCUT2D eigenvalue weighted by Gasteiger charge is 2.19. The van der Waals surface area contributed by atoms with Crippen molar-refractivity contribution in [3.8, 4) is 0 Å². The number of rotatable bonds is 4. The quantitative estimate of drug-likeness (QED) is 0.932. The fourth-order valence-corrected chi connectivity index (χ4v) is 2.89. The Balaban J connectivity index is 1.65. The Morgan fingerprint density at radius 3 is 2.08 bits per heavy atom. The molecular formula is C20H22N2O2. The minimum atomic E-state index is -0.167. The lowest BCUT2D eigenvalue weighted by molar-refractivity contribution is 0.0792. The Hall–Kier alpha value is -2.62. The zero-order valence-electron chi connectivity index (χ0n) is 13.9. The number of hydrogen-bond acceptors (Lipinski definition) is 2. The van der Waals surface area contributed by atoms with Gasteiger partial charge in [-0.1, -0.05) is 19.1 Å². The van der Waals surface area contributed by atoms with Crippen LogP contribution >= 0.6 is 0 Å². The van der Waals surface area contributed by atoms with Crippen molar-refractivity contribution in [3.63, 3.8) is 0 Å². The Labute approximate surface area is 142 Å². The van der Waals surface area contributed by atoms with Crippen LogP contribution < -0.4 is 5.32 Å². The third-order valence-electron chi connectivity index (χ3n) is 4.41. The van der Waals surface area contributed by atoms with Crippen molar-refractivity contribution < 1.29 is 9.59 Å². The van der Waals surface area contributed by atoms with Crippen molar-refractivity contribution in [2.45, 2.75) is 26.2 Å². The second-order valence-electron chi connectivity index (χ2n) is 6.08. The summed E-state index contributed by atoms with van der Waals surface area (Å²) < 4.78 is 0. The fourth-order valence-electron chi connectivity index (χ4n) is 2.89. The third kappa shape index (κ3) is 3.65. The number of nitrogens with zero attached hydrogens (tertiary/aromatic N) is 1. The van der Waals surface area contributed by atoms with Gasteiger partial charge in [0.1, 0.15) is 0 Å². The molecule has 24 heavy (non-hydrogen) atoms. The SMILES string of the molecule is CCc1ccc(NC(=O)c2ccc(C(=O)N3CCCC3)cc2)cc1. The van der Waals surface area contributed by atoms with Crippen LogP contribution in [0.2, 0.25) is 0 Å². The van der Waals surface area contributed by atoms with E-state index >= 15 is 0 Å². The summed E-state index contributed by atoms with van der Waals surface area (Å²) in [6, 6.07) is 14.7. The molecular weight excluding hydrogens is 300 g/mol. The number of nitrogens with one attached hydrogen (secondary N) is 1. The van der Waals surface area contributed by atoms with Crippen LogP contribution in [0.25, 0.3) is 0 Å². The van der Waals surface area contributed by atoms with Crippen molar-refractivity contribution >= 4 is 17.5 Å². The topological polar surface area (TPSA) is 49.4 Å². The lowest BCUT2D eigenvalue weighted by Crippen LogP contribution is -2.27. The van der Waals surface area contributed by atoms with Gasteiger partial charge in [-0.15, -0.1) is 0 Å². The first kappa shape index (κ1) is 16.2. The second kappa shape index (κ2) is 7.30. The highest BCUT2D eigenvalue weighted by Crippen LogP contribution is 2.15. The average molecular weight is 322 g/mol. The van der Waals surface area contributed by atoms with Crippen LogP contribution in [0.5, 0.6) is 0 Å². The van der Waals surface area contributed by atoms with Crippen molar-refractivity contribution in [2.24, 2.45) is 0 Å². The number of likely N-dealkylation sites (tertiary alicyclic amines) is 1. The monoisotopic (exact) mass is 322 g/mol. The van der Waals surface area contributed by atoms with Crippen molar-refractivity contribution in [1.82, 2.24) is 4.90 Å². The van der Waals surface area contributed by atoms with E-state index in [4.69, 9.17) is 0 Å². The second-order valence-corrected chi connectivity index (χ2v) is 6.08. The molecule has 0 radical (unpaired) electrons. The predicted molar refractivity (Wildman–Crippen MR) is 95.4 cm³/mol. The highest BCUT2D eigenvalue weighted by atomic mass is 16.2. The predicted octanol–water partition coefficient (Wildman–Crippen LogP) is 3.74. The van der Waals surface area contributed by atoms with Gasteiger partial charge in [0.05, 0.1) is 0 Å². The van der Waals surface area contributed by atoms with Gasteiger partial charge in [0.2, 0.25) is 0 Å². The number of hydrogen-bond donors (Lipinski definition) is 1. The van der Waals surface area contributed by atoms with E-state index in [-0.39, 0.29) is 11.8 Å². The third-order valence-corrected chi connectivity index (χ3v) is 4.41. The molecule has 0 aliphatic carbocycles. The molecule has 0 unspecified atom stereocenters. The summed E-state index contributed by atoms with van der Waals surface area (Å²) in [6.45, 7) is 3.75. The first-order valence-corrected chi connectivity index (χ1v) is 8.47. The molecule has 0 aromatic heterocycles. The maximum atomic E-state index is 12.3. The maximum Gasteiger partial charge on any atom is 0.255 e. The van der Waals surface area contributed by atoms with E-state index < -0.39 is 0 Å². The molecule has 2 aromatic carbocycles. The van der Waals surface area contributed by atoms with E-state index in [0.29, 0.717) is 11.1 Å². The average Bonchev–Trinajstić information content (AvgIpc) is 3.16. The molecule has 1 fully saturated rings. The number of anilines is 1. The smallest absolute Gasteiger partial charge is 0.255 e. The van der Waals surface area contributed by atoms with E-state index in [0.717, 1.165) is 38.0 Å². The molecule has 0 spiro atoms. The number of aryl methyl sites for hydroxylation is 1. The zero-order valence-corrected chi connectivity index (χ0v) is 13.9. The zero-order chi connectivity index (χ0) is 16.9. The summed E-state index contributed by atoms with van der Waals surface area (Å²) in [5, 5.41) is 2.88. The molecule has 1 saturated heterocycles. The molecule has 4 heteroatoms. The van der Waals surface area contributed by atoms with Crippen molar-refractivity contribution in [3.05, 3.63) is 65.2 Å². The number of amides is 2. The molecule has 1 aliphatic rings. The van der Waals surface area contributed by atoms with Crippen LogP contribution in [0, 0.1) is 0 Å². The molecule has 2 aromatic rings. The van der Waals surface area contributed by atoms with E-state index in [1.165, 1.54) is 5.56 Å². The summed E-state index contributed by atoms with van der Waals surface area (Å²) in [5.74, 6) is -0.117. The minimum Gasteiger partial charge on any atom is -0.339 e. The maximum absolute atomic E-state index is 12.3. The van der Waals surface area contributed by atoms with Gasteiger partial charge in [-0.05, 0) is 61.2 Å². The van der Waals surface area contributed by atoms with Crippen molar-refractivity contribution in [1.29, 1.82) is 0 Å². The number of carbonyl (C=O) groups excluding carboxylic acids is 2. The molecule has 2 amide bonds. The normalized spacial score (nSPS) is 13.8. The number of carbonyl (C=O) groups is 2. The van der Waals surface area contributed by atoms with Gasteiger partial charge in [0.15, 0.2) is 0 Å². The molecule has 4 nitrogen and oxygen atoms in total. The van der Waals surface area contributed by atoms with E-state index in [1.54, 1.807) is 24.3 Å². The van der Waals surface area contributed by atoms with E-state index in [1.807, 2.05) is 29.2 Å². The number of benzene rings is 2. The summed E-state index contributed by atoms with van der Waals surface area (Å²) in [6.07, 6.45) is 3.12. The molecule has 3 rings (SSSR count). The molecule has 124 valence electrons. The molecule has 0 atom stereocenters. The van der Waals surface area contributed by atoms with Crippen LogP contribution in [0.1, 0.15) is 46.0 Å². The fraction of sp³-hybridized carbons (Fsp3) is 0.300. The first-order valence-electron chi connectivity index (χ1n) is 8.47. The molecule has 1 N–H and O–H groups in total. The Kier molecular flexibility index (Phi) is 4.94. The van der Waals surface area contributed by atoms with Gasteiger partial charge in [-0.2, -0.15) is 0 Å². The molecule has 1 aliphatic heterocycles. The van der Waals surface area contributed by atoms with Gasteiger partial charge < -0.3 is 10.2 Å². The summed E-state index contributed by atoms with van der Waals surface area (Å²) in [4.78, 5) is 26.5. The van der Waals surface area contributed by atoms with Crippen LogP contribution in [0.15, 0.2) is 48.5 Å². The van der Waals surface area contributed by atoms with Gasteiger partial charge >= 0.3 is 0 Å². The Bertz CT molecular complexity index is 714. The van der Waals surface area contributed by atoms with E-state index in [9.17, 15) is 9.59 Å². The van der Waals surface area contributed by atoms with Crippen LogP contribution in [-0.2, 0) is 6.42 Å². The van der Waals surface area contributed by atoms with Gasteiger partial charge in [0.25, 0.3) is 11.8 Å². The summed E-state index contributed by atoms with van der Waals surface area (Å²) >= 11 is 0.